The van der Waals surface area contributed by atoms with Gasteiger partial charge in [-0.1, -0.05) is 48.0 Å². The number of hydrogen-bond donors (Lipinski definition) is 3. The average Bonchev–Trinajstić information content (AvgIpc) is 3.21. The molecule has 0 aromatic heterocycles. The number of benzene rings is 3. The fraction of sp³-hybridized carbons (Fsp3) is 0.421. The van der Waals surface area contributed by atoms with Gasteiger partial charge in [-0.05, 0) is 110 Å². The molecular formula is C38H42ClN3O6S. The van der Waals surface area contributed by atoms with Crippen LogP contribution in [-0.2, 0) is 26.7 Å². The minimum absolute atomic E-state index is 0.0489. The molecule has 3 N–H and O–H groups in total. The Balaban J connectivity index is 1.22. The van der Waals surface area contributed by atoms with Crippen LogP contribution in [-0.4, -0.2) is 56.4 Å². The number of allylic oxidation sites excluding steroid dienone is 1. The summed E-state index contributed by atoms with van der Waals surface area (Å²) in [4.78, 5) is 28.9. The molecule has 258 valence electrons. The second-order valence-electron chi connectivity index (χ2n) is 14.0. The molecule has 49 heavy (non-hydrogen) atoms. The molecule has 2 amide bonds. The highest BCUT2D eigenvalue weighted by Crippen LogP contribution is 2.46. The van der Waals surface area contributed by atoms with Crippen molar-refractivity contribution in [1.29, 1.82) is 0 Å². The van der Waals surface area contributed by atoms with Gasteiger partial charge in [-0.25, -0.2) is 13.1 Å². The number of fused-ring (bicyclic) bond motifs is 4. The number of carbonyl (C=O) groups is 2. The lowest BCUT2D eigenvalue weighted by Gasteiger charge is -2.45. The number of aryl methyl sites for hydroxylation is 1. The Morgan fingerprint density at radius 1 is 1.08 bits per heavy atom. The number of aliphatic hydroxyl groups is 1. The molecule has 2 aliphatic carbocycles. The van der Waals surface area contributed by atoms with E-state index < -0.39 is 33.2 Å². The lowest BCUT2D eigenvalue weighted by atomic mass is 9.68. The van der Waals surface area contributed by atoms with Gasteiger partial charge in [-0.15, -0.1) is 0 Å². The van der Waals surface area contributed by atoms with Crippen molar-refractivity contribution in [1.82, 2.24) is 4.72 Å². The molecule has 0 unspecified atom stereocenters. The summed E-state index contributed by atoms with van der Waals surface area (Å²) in [6, 6.07) is 20.0. The van der Waals surface area contributed by atoms with Gasteiger partial charge in [0.1, 0.15) is 5.75 Å². The Labute approximate surface area is 292 Å². The lowest BCUT2D eigenvalue weighted by Crippen LogP contribution is -2.49. The van der Waals surface area contributed by atoms with Gasteiger partial charge in [0.15, 0.2) is 0 Å². The van der Waals surface area contributed by atoms with Crippen LogP contribution in [0.2, 0.25) is 5.02 Å². The standard InChI is InChI=1S/C38H42ClN3O6S/c39-28-14-16-32-25(19-28)7-6-18-38(32)23-42-22-27-12-15-31(27)34(43)11-5-4-10-30(21-36(44)40-29-8-2-1-3-9-29)49(46,47)41-37(45)26-13-17-35(48-24-38)33(42)20-26/h1-3,5,8-9,11,13-14,16-17,19-20,27,30-31,34,43H,4,6-7,10,12,15,18,21-24H2,(H,40,44)(H,41,45)/b11-5-/t27-,30+,31+,34-,38-/m0/s1. The van der Waals surface area contributed by atoms with Crippen LogP contribution in [0.5, 0.6) is 5.75 Å². The van der Waals surface area contributed by atoms with Gasteiger partial charge in [-0.2, -0.15) is 0 Å². The summed E-state index contributed by atoms with van der Waals surface area (Å²) in [6.07, 6.45) is 7.69. The van der Waals surface area contributed by atoms with Gasteiger partial charge >= 0.3 is 0 Å². The number of ether oxygens (including phenoxy) is 1. The van der Waals surface area contributed by atoms with E-state index in [1.54, 1.807) is 54.6 Å². The first-order valence-electron chi connectivity index (χ1n) is 17.2. The van der Waals surface area contributed by atoms with Crippen LogP contribution in [0, 0.1) is 11.8 Å². The Morgan fingerprint density at radius 3 is 2.71 bits per heavy atom. The summed E-state index contributed by atoms with van der Waals surface area (Å²) in [6.45, 7) is 1.77. The first-order chi connectivity index (χ1) is 23.6. The maximum atomic E-state index is 13.7. The number of rotatable bonds is 3. The molecule has 2 aliphatic heterocycles. The molecule has 1 fully saturated rings. The highest BCUT2D eigenvalue weighted by Gasteiger charge is 2.44. The molecule has 2 bridgehead atoms. The van der Waals surface area contributed by atoms with Crippen LogP contribution in [0.25, 0.3) is 0 Å². The van der Waals surface area contributed by atoms with E-state index in [1.165, 1.54) is 11.1 Å². The average molecular weight is 704 g/mol. The predicted octanol–water partition coefficient (Wildman–Crippen LogP) is 6.01. The topological polar surface area (TPSA) is 125 Å². The maximum Gasteiger partial charge on any atom is 0.264 e. The van der Waals surface area contributed by atoms with Gasteiger partial charge in [0.05, 0.1) is 23.6 Å². The third-order valence-electron chi connectivity index (χ3n) is 10.8. The quantitative estimate of drug-likeness (QED) is 0.286. The fourth-order valence-electron chi connectivity index (χ4n) is 8.05. The van der Waals surface area contributed by atoms with E-state index in [2.05, 4.69) is 27.1 Å². The van der Waals surface area contributed by atoms with Gasteiger partial charge in [0.2, 0.25) is 15.9 Å². The first kappa shape index (κ1) is 33.6. The Bertz CT molecular complexity index is 1870. The van der Waals surface area contributed by atoms with Gasteiger partial charge in [-0.3, -0.25) is 9.59 Å². The molecule has 4 aliphatic rings. The Morgan fingerprint density at radius 2 is 1.92 bits per heavy atom. The highest BCUT2D eigenvalue weighted by molar-refractivity contribution is 7.90. The number of aliphatic hydroxyl groups excluding tert-OH is 1. The van der Waals surface area contributed by atoms with Crippen molar-refractivity contribution in [3.63, 3.8) is 0 Å². The van der Waals surface area contributed by atoms with Crippen LogP contribution >= 0.6 is 11.6 Å². The number of para-hydroxylation sites is 1. The first-order valence-corrected chi connectivity index (χ1v) is 19.1. The number of sulfonamides is 1. The Hall–Kier alpha value is -3.86. The summed E-state index contributed by atoms with van der Waals surface area (Å²) in [5, 5.41) is 13.5. The van der Waals surface area contributed by atoms with E-state index >= 15 is 0 Å². The van der Waals surface area contributed by atoms with Crippen molar-refractivity contribution in [2.24, 2.45) is 11.8 Å². The van der Waals surface area contributed by atoms with Crippen molar-refractivity contribution >= 4 is 44.8 Å². The zero-order valence-electron chi connectivity index (χ0n) is 27.3. The molecule has 0 radical (unpaired) electrons. The number of halogens is 1. The summed E-state index contributed by atoms with van der Waals surface area (Å²) in [7, 11) is -4.27. The zero-order chi connectivity index (χ0) is 34.2. The number of hydrogen-bond acceptors (Lipinski definition) is 7. The molecule has 1 saturated carbocycles. The second kappa shape index (κ2) is 13.8. The van der Waals surface area contributed by atoms with Crippen LogP contribution in [0.15, 0.2) is 78.9 Å². The molecule has 11 heteroatoms. The zero-order valence-corrected chi connectivity index (χ0v) is 28.9. The highest BCUT2D eigenvalue weighted by atomic mass is 35.5. The van der Waals surface area contributed by atoms with Crippen molar-refractivity contribution < 1.29 is 27.9 Å². The summed E-state index contributed by atoms with van der Waals surface area (Å²) in [5.74, 6) is -0.329. The molecule has 0 saturated heterocycles. The predicted molar refractivity (Wildman–Crippen MR) is 191 cm³/mol. The molecule has 3 aromatic rings. The molecule has 5 atom stereocenters. The summed E-state index contributed by atoms with van der Waals surface area (Å²) < 4.78 is 36.3. The molecule has 9 nitrogen and oxygen atoms in total. The van der Waals surface area contributed by atoms with Gasteiger partial charge in [0, 0.05) is 41.2 Å². The smallest absolute Gasteiger partial charge is 0.264 e. The molecule has 3 aromatic carbocycles. The third kappa shape index (κ3) is 7.09. The lowest BCUT2D eigenvalue weighted by molar-refractivity contribution is -0.116. The largest absolute Gasteiger partial charge is 0.490 e. The number of carbonyl (C=O) groups excluding carboxylic acids is 2. The number of nitrogens with zero attached hydrogens (tertiary/aromatic N) is 1. The van der Waals surface area contributed by atoms with Gasteiger partial charge < -0.3 is 20.1 Å². The van der Waals surface area contributed by atoms with Crippen molar-refractivity contribution in [3.05, 3.63) is 101 Å². The second-order valence-corrected chi connectivity index (χ2v) is 16.4. The van der Waals surface area contributed by atoms with Crippen LogP contribution < -0.4 is 19.7 Å². The number of nitrogens with one attached hydrogen (secondary N) is 2. The summed E-state index contributed by atoms with van der Waals surface area (Å²) >= 11 is 6.41. The number of amides is 2. The summed E-state index contributed by atoms with van der Waals surface area (Å²) in [5.41, 5.74) is 3.61. The van der Waals surface area contributed by atoms with Crippen molar-refractivity contribution in [3.8, 4) is 5.75 Å². The van der Waals surface area contributed by atoms with Gasteiger partial charge in [0.25, 0.3) is 5.91 Å². The van der Waals surface area contributed by atoms with Crippen LogP contribution in [0.1, 0.15) is 66.4 Å². The molecular weight excluding hydrogens is 662 g/mol. The van der Waals surface area contributed by atoms with E-state index in [9.17, 15) is 23.1 Å². The maximum absolute atomic E-state index is 13.7. The van der Waals surface area contributed by atoms with E-state index in [-0.39, 0.29) is 35.7 Å². The fourth-order valence-corrected chi connectivity index (χ4v) is 9.60. The third-order valence-corrected chi connectivity index (χ3v) is 12.8. The van der Waals surface area contributed by atoms with Crippen molar-refractivity contribution in [2.75, 3.05) is 29.9 Å². The normalized spacial score (nSPS) is 28.4. The van der Waals surface area contributed by atoms with E-state index in [4.69, 9.17) is 16.3 Å². The Kier molecular flexibility index (Phi) is 9.47. The van der Waals surface area contributed by atoms with Crippen molar-refractivity contribution in [2.45, 2.75) is 68.1 Å². The monoisotopic (exact) mass is 703 g/mol. The van der Waals surface area contributed by atoms with E-state index in [1.807, 2.05) is 12.1 Å². The molecule has 2 heterocycles. The molecule has 1 spiro atoms. The van der Waals surface area contributed by atoms with Crippen LogP contribution in [0.4, 0.5) is 11.4 Å². The molecule has 7 rings (SSSR count). The minimum Gasteiger partial charge on any atom is -0.490 e. The minimum atomic E-state index is -4.27. The number of anilines is 2. The van der Waals surface area contributed by atoms with E-state index in [0.29, 0.717) is 42.6 Å². The van der Waals surface area contributed by atoms with E-state index in [0.717, 1.165) is 37.8 Å². The SMILES string of the molecule is O=C(C[C@H]1CC/C=C\[C@H](O)[C@@H]2CC[C@H]2CN2C[C@@]3(CCCc4cc(Cl)ccc43)COc3ccc(cc32)C(=O)NS1(=O)=O)Nc1ccccc1. The van der Waals surface area contributed by atoms with Crippen LogP contribution in [0.3, 0.4) is 0 Å².